The van der Waals surface area contributed by atoms with Crippen LogP contribution >= 0.6 is 11.8 Å². The Morgan fingerprint density at radius 1 is 1.42 bits per heavy atom. The molecular weight excluding hydrogens is 261 g/mol. The highest BCUT2D eigenvalue weighted by Crippen LogP contribution is 2.39. The highest BCUT2D eigenvalue weighted by atomic mass is 32.2. The fourth-order valence-corrected chi connectivity index (χ4v) is 4.06. The van der Waals surface area contributed by atoms with Crippen LogP contribution in [0, 0.1) is 5.82 Å². The summed E-state index contributed by atoms with van der Waals surface area (Å²) in [5.74, 6) is 0.919. The third-order valence-electron chi connectivity index (χ3n) is 3.96. The van der Waals surface area contributed by atoms with E-state index in [1.165, 1.54) is 0 Å². The quantitative estimate of drug-likeness (QED) is 0.912. The molecule has 1 aliphatic carbocycles. The lowest BCUT2D eigenvalue weighted by Gasteiger charge is -2.39. The summed E-state index contributed by atoms with van der Waals surface area (Å²) < 4.78 is 19.4. The maximum atomic E-state index is 13.8. The van der Waals surface area contributed by atoms with Crippen LogP contribution in [-0.2, 0) is 4.74 Å². The summed E-state index contributed by atoms with van der Waals surface area (Å²) >= 11 is 1.64. The number of thioether (sulfide) groups is 1. The molecular formula is C15H20FNOS. The highest BCUT2D eigenvalue weighted by molar-refractivity contribution is 7.99. The van der Waals surface area contributed by atoms with Crippen molar-refractivity contribution in [1.82, 2.24) is 5.32 Å². The van der Waals surface area contributed by atoms with E-state index in [-0.39, 0.29) is 5.82 Å². The molecule has 1 fully saturated rings. The number of fused-ring (bicyclic) bond motifs is 1. The molecule has 1 aromatic rings. The van der Waals surface area contributed by atoms with Gasteiger partial charge in [0.2, 0.25) is 0 Å². The SMILES string of the molecule is CCOC1CC(NC2CCSc3c(F)cccc32)C1. The molecule has 1 N–H and O–H groups in total. The zero-order valence-electron chi connectivity index (χ0n) is 11.2. The van der Waals surface area contributed by atoms with E-state index in [2.05, 4.69) is 11.4 Å². The van der Waals surface area contributed by atoms with Crippen molar-refractivity contribution in [3.8, 4) is 0 Å². The summed E-state index contributed by atoms with van der Waals surface area (Å²) in [4.78, 5) is 0.840. The molecule has 1 saturated carbocycles. The molecule has 0 bridgehead atoms. The molecule has 3 rings (SSSR count). The lowest BCUT2D eigenvalue weighted by Crippen LogP contribution is -2.47. The average Bonchev–Trinajstić information content (AvgIpc) is 2.37. The van der Waals surface area contributed by atoms with Crippen LogP contribution < -0.4 is 5.32 Å². The molecule has 0 radical (unpaired) electrons. The molecule has 0 amide bonds. The van der Waals surface area contributed by atoms with Gasteiger partial charge >= 0.3 is 0 Å². The van der Waals surface area contributed by atoms with Crippen molar-refractivity contribution in [1.29, 1.82) is 0 Å². The van der Waals surface area contributed by atoms with Crippen LogP contribution in [0.25, 0.3) is 0 Å². The van der Waals surface area contributed by atoms with Gasteiger partial charge in [-0.3, -0.25) is 0 Å². The summed E-state index contributed by atoms with van der Waals surface area (Å²) in [5, 5.41) is 3.67. The molecule has 0 saturated heterocycles. The number of hydrogen-bond donors (Lipinski definition) is 1. The van der Waals surface area contributed by atoms with Gasteiger partial charge in [-0.25, -0.2) is 4.39 Å². The summed E-state index contributed by atoms with van der Waals surface area (Å²) in [6.45, 7) is 2.84. The molecule has 0 spiro atoms. The van der Waals surface area contributed by atoms with Crippen molar-refractivity contribution in [2.45, 2.75) is 49.3 Å². The third-order valence-corrected chi connectivity index (χ3v) is 5.12. The summed E-state index contributed by atoms with van der Waals surface area (Å²) in [5.41, 5.74) is 1.14. The van der Waals surface area contributed by atoms with Gasteiger partial charge in [-0.05, 0) is 43.6 Å². The van der Waals surface area contributed by atoms with Gasteiger partial charge < -0.3 is 10.1 Å². The van der Waals surface area contributed by atoms with Crippen LogP contribution in [0.4, 0.5) is 4.39 Å². The maximum absolute atomic E-state index is 13.8. The van der Waals surface area contributed by atoms with E-state index in [0.717, 1.165) is 42.1 Å². The van der Waals surface area contributed by atoms with Gasteiger partial charge in [0.25, 0.3) is 0 Å². The van der Waals surface area contributed by atoms with Gasteiger partial charge in [-0.2, -0.15) is 0 Å². The Labute approximate surface area is 118 Å². The zero-order valence-corrected chi connectivity index (χ0v) is 12.0. The van der Waals surface area contributed by atoms with Gasteiger partial charge in [-0.15, -0.1) is 11.8 Å². The molecule has 4 heteroatoms. The standard InChI is InChI=1S/C15H20FNOS/c1-2-18-11-8-10(9-11)17-14-6-7-19-15-12(14)4-3-5-13(15)16/h3-5,10-11,14,17H,2,6-9H2,1H3. The van der Waals surface area contributed by atoms with Crippen LogP contribution in [0.15, 0.2) is 23.1 Å². The number of ether oxygens (including phenoxy) is 1. The van der Waals surface area contributed by atoms with E-state index in [1.54, 1.807) is 17.8 Å². The normalized spacial score (nSPS) is 29.7. The number of benzene rings is 1. The second kappa shape index (κ2) is 5.81. The van der Waals surface area contributed by atoms with Gasteiger partial charge in [-0.1, -0.05) is 12.1 Å². The van der Waals surface area contributed by atoms with Gasteiger partial charge in [0.15, 0.2) is 0 Å². The Morgan fingerprint density at radius 3 is 3.05 bits per heavy atom. The van der Waals surface area contributed by atoms with Crippen molar-refractivity contribution in [3.05, 3.63) is 29.6 Å². The Bertz CT molecular complexity index is 448. The summed E-state index contributed by atoms with van der Waals surface area (Å²) in [7, 11) is 0. The van der Waals surface area contributed by atoms with Crippen LogP contribution in [0.5, 0.6) is 0 Å². The lowest BCUT2D eigenvalue weighted by atomic mass is 9.87. The minimum Gasteiger partial charge on any atom is -0.378 e. The van der Waals surface area contributed by atoms with Crippen molar-refractivity contribution < 1.29 is 9.13 Å². The predicted molar refractivity (Wildman–Crippen MR) is 76.1 cm³/mol. The van der Waals surface area contributed by atoms with E-state index in [9.17, 15) is 4.39 Å². The fourth-order valence-electron chi connectivity index (χ4n) is 2.92. The molecule has 2 aliphatic rings. The Hall–Kier alpha value is -0.580. The van der Waals surface area contributed by atoms with E-state index in [0.29, 0.717) is 18.2 Å². The predicted octanol–water partition coefficient (Wildman–Crippen LogP) is 3.52. The molecule has 1 heterocycles. The Kier molecular flexibility index (Phi) is 4.10. The van der Waals surface area contributed by atoms with E-state index in [1.807, 2.05) is 13.0 Å². The van der Waals surface area contributed by atoms with E-state index < -0.39 is 0 Å². The van der Waals surface area contributed by atoms with Crippen molar-refractivity contribution in [2.24, 2.45) is 0 Å². The van der Waals surface area contributed by atoms with Crippen LogP contribution in [-0.4, -0.2) is 24.5 Å². The van der Waals surface area contributed by atoms with Crippen LogP contribution in [0.1, 0.15) is 37.8 Å². The first kappa shape index (κ1) is 13.4. The summed E-state index contributed by atoms with van der Waals surface area (Å²) in [6.07, 6.45) is 3.67. The number of hydrogen-bond acceptors (Lipinski definition) is 3. The van der Waals surface area contributed by atoms with E-state index >= 15 is 0 Å². The van der Waals surface area contributed by atoms with Crippen LogP contribution in [0.3, 0.4) is 0 Å². The molecule has 1 unspecified atom stereocenters. The number of rotatable bonds is 4. The van der Waals surface area contributed by atoms with Crippen molar-refractivity contribution >= 4 is 11.8 Å². The van der Waals surface area contributed by atoms with Crippen molar-refractivity contribution in [2.75, 3.05) is 12.4 Å². The zero-order chi connectivity index (χ0) is 13.2. The number of nitrogens with one attached hydrogen (secondary N) is 1. The molecule has 0 aromatic heterocycles. The topological polar surface area (TPSA) is 21.3 Å². The molecule has 1 atom stereocenters. The molecule has 1 aromatic carbocycles. The molecule has 1 aliphatic heterocycles. The Morgan fingerprint density at radius 2 is 2.26 bits per heavy atom. The second-order valence-electron chi connectivity index (χ2n) is 5.26. The fraction of sp³-hybridized carbons (Fsp3) is 0.600. The first-order valence-electron chi connectivity index (χ1n) is 7.06. The maximum Gasteiger partial charge on any atom is 0.137 e. The first-order valence-corrected chi connectivity index (χ1v) is 8.05. The van der Waals surface area contributed by atoms with E-state index in [4.69, 9.17) is 4.74 Å². The number of halogens is 1. The molecule has 19 heavy (non-hydrogen) atoms. The van der Waals surface area contributed by atoms with Gasteiger partial charge in [0.1, 0.15) is 5.82 Å². The van der Waals surface area contributed by atoms with Gasteiger partial charge in [0.05, 0.1) is 6.10 Å². The monoisotopic (exact) mass is 281 g/mol. The third kappa shape index (κ3) is 2.81. The van der Waals surface area contributed by atoms with Crippen LogP contribution in [0.2, 0.25) is 0 Å². The smallest absolute Gasteiger partial charge is 0.137 e. The highest BCUT2D eigenvalue weighted by Gasteiger charge is 2.33. The average molecular weight is 281 g/mol. The lowest BCUT2D eigenvalue weighted by molar-refractivity contribution is -0.0127. The molecule has 104 valence electrons. The van der Waals surface area contributed by atoms with Gasteiger partial charge in [0, 0.05) is 23.6 Å². The van der Waals surface area contributed by atoms with Crippen molar-refractivity contribution in [3.63, 3.8) is 0 Å². The largest absolute Gasteiger partial charge is 0.378 e. The first-order chi connectivity index (χ1) is 9.28. The Balaban J connectivity index is 1.63. The second-order valence-corrected chi connectivity index (χ2v) is 6.37. The summed E-state index contributed by atoms with van der Waals surface area (Å²) in [6, 6.07) is 6.27. The minimum atomic E-state index is -0.0743. The molecule has 2 nitrogen and oxygen atoms in total. The minimum absolute atomic E-state index is 0.0743.